The largest absolute Gasteiger partial charge is 0.485 e. The molecule has 2 heteroatoms. The maximum absolute atomic E-state index is 5.85. The first kappa shape index (κ1) is 10.5. The molecule has 1 aromatic carbocycles. The molecule has 3 rings (SSSR count). The lowest BCUT2D eigenvalue weighted by Gasteiger charge is -2.29. The highest BCUT2D eigenvalue weighted by Crippen LogP contribution is 2.53. The first-order valence-electron chi connectivity index (χ1n) is 5.62. The van der Waals surface area contributed by atoms with E-state index in [4.69, 9.17) is 9.47 Å². The Morgan fingerprint density at radius 3 is 2.53 bits per heavy atom. The molecule has 1 fully saturated rings. The minimum absolute atomic E-state index is 0.168. The van der Waals surface area contributed by atoms with Crippen molar-refractivity contribution in [2.24, 2.45) is 0 Å². The van der Waals surface area contributed by atoms with Crippen LogP contribution < -0.4 is 4.74 Å². The van der Waals surface area contributed by atoms with E-state index in [0.29, 0.717) is 0 Å². The molecule has 0 amide bonds. The average molecular weight is 206 g/mol. The van der Waals surface area contributed by atoms with E-state index in [0.717, 1.165) is 5.75 Å². The van der Waals surface area contributed by atoms with Crippen LogP contribution in [0.15, 0.2) is 24.3 Å². The summed E-state index contributed by atoms with van der Waals surface area (Å²) < 4.78 is 11.4. The summed E-state index contributed by atoms with van der Waals surface area (Å²) in [4.78, 5) is 0. The SMILES string of the molecule is CC.CC1(C)Oc2ccccc2[C@@H]2O[C@@H]21. The van der Waals surface area contributed by atoms with Gasteiger partial charge in [0.1, 0.15) is 23.6 Å². The summed E-state index contributed by atoms with van der Waals surface area (Å²) in [5.74, 6) is 0.978. The molecule has 0 aliphatic carbocycles. The molecule has 1 saturated heterocycles. The zero-order chi connectivity index (χ0) is 11.1. The summed E-state index contributed by atoms with van der Waals surface area (Å²) in [6, 6.07) is 8.11. The van der Waals surface area contributed by atoms with Crippen molar-refractivity contribution in [3.63, 3.8) is 0 Å². The van der Waals surface area contributed by atoms with Crippen LogP contribution in [0.2, 0.25) is 0 Å². The molecule has 0 spiro atoms. The zero-order valence-corrected chi connectivity index (χ0v) is 9.78. The van der Waals surface area contributed by atoms with E-state index in [2.05, 4.69) is 19.9 Å². The molecular formula is C13H18O2. The van der Waals surface area contributed by atoms with Crippen molar-refractivity contribution in [3.8, 4) is 5.75 Å². The fourth-order valence-corrected chi connectivity index (χ4v) is 2.03. The van der Waals surface area contributed by atoms with Gasteiger partial charge in [-0.25, -0.2) is 0 Å². The molecule has 2 heterocycles. The van der Waals surface area contributed by atoms with E-state index in [1.54, 1.807) is 0 Å². The van der Waals surface area contributed by atoms with Gasteiger partial charge in [0, 0.05) is 5.56 Å². The first-order valence-corrected chi connectivity index (χ1v) is 5.62. The summed E-state index contributed by atoms with van der Waals surface area (Å²) in [6.45, 7) is 8.15. The third-order valence-electron chi connectivity index (χ3n) is 2.78. The van der Waals surface area contributed by atoms with Crippen molar-refractivity contribution in [3.05, 3.63) is 29.8 Å². The van der Waals surface area contributed by atoms with Crippen molar-refractivity contribution in [2.75, 3.05) is 0 Å². The molecular weight excluding hydrogens is 188 g/mol. The van der Waals surface area contributed by atoms with Crippen LogP contribution in [0.5, 0.6) is 5.75 Å². The van der Waals surface area contributed by atoms with Crippen LogP contribution in [-0.2, 0) is 4.74 Å². The second kappa shape index (κ2) is 3.53. The van der Waals surface area contributed by atoms with Crippen LogP contribution in [0.3, 0.4) is 0 Å². The Balaban J connectivity index is 0.000000404. The Morgan fingerprint density at radius 1 is 1.13 bits per heavy atom. The van der Waals surface area contributed by atoms with Crippen LogP contribution in [0, 0.1) is 0 Å². The number of fused-ring (bicyclic) bond motifs is 3. The summed E-state index contributed by atoms with van der Waals surface area (Å²) in [7, 11) is 0. The quantitative estimate of drug-likeness (QED) is 0.607. The van der Waals surface area contributed by atoms with E-state index >= 15 is 0 Å². The summed E-state index contributed by atoms with van der Waals surface area (Å²) in [6.07, 6.45) is 0.530. The number of hydrogen-bond acceptors (Lipinski definition) is 2. The molecule has 0 aromatic heterocycles. The standard InChI is InChI=1S/C11H12O2.C2H6/c1-11(2)10-9(12-10)7-5-3-4-6-8(7)13-11;1-2/h3-6,9-10H,1-2H3;1-2H3/t9-,10-;/m0./s1. The average Bonchev–Trinajstić information content (AvgIpc) is 3.01. The minimum Gasteiger partial charge on any atom is -0.485 e. The van der Waals surface area contributed by atoms with Gasteiger partial charge >= 0.3 is 0 Å². The fourth-order valence-electron chi connectivity index (χ4n) is 2.03. The van der Waals surface area contributed by atoms with Crippen molar-refractivity contribution in [2.45, 2.75) is 45.5 Å². The molecule has 82 valence electrons. The molecule has 2 aliphatic heterocycles. The van der Waals surface area contributed by atoms with Crippen LogP contribution in [0.25, 0.3) is 0 Å². The van der Waals surface area contributed by atoms with Gasteiger partial charge in [0.05, 0.1) is 0 Å². The number of hydrogen-bond donors (Lipinski definition) is 0. The highest BCUT2D eigenvalue weighted by Gasteiger charge is 2.56. The van der Waals surface area contributed by atoms with Crippen molar-refractivity contribution < 1.29 is 9.47 Å². The van der Waals surface area contributed by atoms with E-state index in [9.17, 15) is 0 Å². The van der Waals surface area contributed by atoms with Gasteiger partial charge in [0.15, 0.2) is 0 Å². The Kier molecular flexibility index (Phi) is 2.47. The lowest BCUT2D eigenvalue weighted by molar-refractivity contribution is 0.0725. The van der Waals surface area contributed by atoms with Gasteiger partial charge in [-0.15, -0.1) is 0 Å². The molecule has 0 saturated carbocycles. The molecule has 0 N–H and O–H groups in total. The molecule has 1 aromatic rings. The Morgan fingerprint density at radius 2 is 1.80 bits per heavy atom. The van der Waals surface area contributed by atoms with E-state index < -0.39 is 0 Å². The van der Waals surface area contributed by atoms with Crippen LogP contribution in [-0.4, -0.2) is 11.7 Å². The molecule has 2 atom stereocenters. The second-order valence-electron chi connectivity index (χ2n) is 4.22. The third kappa shape index (κ3) is 1.63. The van der Waals surface area contributed by atoms with Gasteiger partial charge in [0.25, 0.3) is 0 Å². The smallest absolute Gasteiger partial charge is 0.132 e. The Labute approximate surface area is 91.2 Å². The van der Waals surface area contributed by atoms with Crippen LogP contribution >= 0.6 is 0 Å². The highest BCUT2D eigenvalue weighted by molar-refractivity contribution is 5.41. The summed E-state index contributed by atoms with van der Waals surface area (Å²) >= 11 is 0. The van der Waals surface area contributed by atoms with Crippen molar-refractivity contribution >= 4 is 0 Å². The maximum atomic E-state index is 5.85. The fraction of sp³-hybridized carbons (Fsp3) is 0.538. The third-order valence-corrected chi connectivity index (χ3v) is 2.78. The number of ether oxygens (including phenoxy) is 2. The topological polar surface area (TPSA) is 21.8 Å². The van der Waals surface area contributed by atoms with Crippen molar-refractivity contribution in [1.29, 1.82) is 0 Å². The number of rotatable bonds is 0. The number of para-hydroxylation sites is 1. The lowest BCUT2D eigenvalue weighted by atomic mass is 9.94. The highest BCUT2D eigenvalue weighted by atomic mass is 16.6. The van der Waals surface area contributed by atoms with E-state index in [1.807, 2.05) is 32.0 Å². The molecule has 0 bridgehead atoms. The van der Waals surface area contributed by atoms with Gasteiger partial charge in [-0.05, 0) is 19.9 Å². The monoisotopic (exact) mass is 206 g/mol. The minimum atomic E-state index is -0.168. The zero-order valence-electron chi connectivity index (χ0n) is 9.78. The number of benzene rings is 1. The Hall–Kier alpha value is -1.02. The van der Waals surface area contributed by atoms with E-state index in [1.165, 1.54) is 5.56 Å². The normalized spacial score (nSPS) is 28.8. The van der Waals surface area contributed by atoms with Gasteiger partial charge in [-0.3, -0.25) is 0 Å². The van der Waals surface area contributed by atoms with Crippen LogP contribution in [0.1, 0.15) is 39.4 Å². The maximum Gasteiger partial charge on any atom is 0.132 e. The van der Waals surface area contributed by atoms with Gasteiger partial charge in [0.2, 0.25) is 0 Å². The molecule has 2 nitrogen and oxygen atoms in total. The number of epoxide rings is 1. The molecule has 15 heavy (non-hydrogen) atoms. The molecule has 0 radical (unpaired) electrons. The van der Waals surface area contributed by atoms with Gasteiger partial charge < -0.3 is 9.47 Å². The first-order chi connectivity index (χ1) is 7.18. The lowest BCUT2D eigenvalue weighted by Crippen LogP contribution is -2.37. The summed E-state index contributed by atoms with van der Waals surface area (Å²) in [5.41, 5.74) is 1.03. The van der Waals surface area contributed by atoms with Crippen molar-refractivity contribution in [1.82, 2.24) is 0 Å². The van der Waals surface area contributed by atoms with Crippen LogP contribution in [0.4, 0.5) is 0 Å². The predicted octanol–water partition coefficient (Wildman–Crippen LogP) is 3.32. The predicted molar refractivity (Wildman–Crippen MR) is 60.1 cm³/mol. The molecule has 2 aliphatic rings. The van der Waals surface area contributed by atoms with Gasteiger partial charge in [-0.2, -0.15) is 0 Å². The second-order valence-corrected chi connectivity index (χ2v) is 4.22. The summed E-state index contributed by atoms with van der Waals surface area (Å²) in [5, 5.41) is 0. The van der Waals surface area contributed by atoms with Gasteiger partial charge in [-0.1, -0.05) is 32.0 Å². The Bertz CT molecular complexity index is 357. The molecule has 0 unspecified atom stereocenters. The van der Waals surface area contributed by atoms with E-state index in [-0.39, 0.29) is 17.8 Å².